The molecule has 43 heavy (non-hydrogen) atoms. The number of benzene rings is 2. The Morgan fingerprint density at radius 2 is 1.93 bits per heavy atom. The summed E-state index contributed by atoms with van der Waals surface area (Å²) in [4.78, 5) is 19.6. The van der Waals surface area contributed by atoms with Gasteiger partial charge in [0.25, 0.3) is 10.2 Å². The number of aromatic nitrogens is 3. The van der Waals surface area contributed by atoms with E-state index in [1.54, 1.807) is 42.5 Å². The number of halogens is 2. The van der Waals surface area contributed by atoms with Crippen molar-refractivity contribution >= 4 is 38.6 Å². The molecule has 15 heteroatoms. The Bertz CT molecular complexity index is 1800. The summed E-state index contributed by atoms with van der Waals surface area (Å²) in [5.74, 6) is 0.224. The molecule has 2 fully saturated rings. The van der Waals surface area contributed by atoms with Crippen LogP contribution in [0.2, 0.25) is 5.02 Å². The van der Waals surface area contributed by atoms with E-state index in [1.807, 2.05) is 4.90 Å². The number of ether oxygens (including phenoxy) is 1. The molecule has 12 nitrogen and oxygen atoms in total. The second-order valence-electron chi connectivity index (χ2n) is 10.8. The van der Waals surface area contributed by atoms with Gasteiger partial charge in [-0.05, 0) is 48.7 Å². The molecule has 2 aromatic heterocycles. The van der Waals surface area contributed by atoms with Crippen molar-refractivity contribution in [2.75, 3.05) is 44.4 Å². The van der Waals surface area contributed by atoms with Crippen LogP contribution in [0.15, 0.2) is 57.9 Å². The van der Waals surface area contributed by atoms with E-state index in [2.05, 4.69) is 14.8 Å². The average molecular weight is 633 g/mol. The van der Waals surface area contributed by atoms with Crippen LogP contribution >= 0.6 is 11.6 Å². The third-order valence-corrected chi connectivity index (χ3v) is 9.53. The number of rotatable bonds is 11. The number of fused-ring (bicyclic) bond motifs is 1. The first-order chi connectivity index (χ1) is 20.7. The SMILES string of the molecule is O=c1c(OCC2(CF)CC2)c(N2CCN(S(=O)(=O)NCc3ccc4oc(CO)nc4c3)CC2)cnn1-c1cccc(Cl)c1. The summed E-state index contributed by atoms with van der Waals surface area (Å²) in [6.07, 6.45) is 2.88. The summed E-state index contributed by atoms with van der Waals surface area (Å²) in [5.41, 5.74) is 1.50. The lowest BCUT2D eigenvalue weighted by molar-refractivity contribution is 0.197. The van der Waals surface area contributed by atoms with Gasteiger partial charge < -0.3 is 19.2 Å². The Kier molecular flexibility index (Phi) is 8.13. The Hall–Kier alpha value is -3.56. The molecule has 0 unspecified atom stereocenters. The molecule has 3 heterocycles. The lowest BCUT2D eigenvalue weighted by atomic mass is 10.1. The lowest BCUT2D eigenvalue weighted by Crippen LogP contribution is -2.52. The molecule has 1 saturated heterocycles. The Labute approximate surface area is 251 Å². The van der Waals surface area contributed by atoms with E-state index in [4.69, 9.17) is 20.8 Å². The fraction of sp³-hybridized carbons (Fsp3) is 0.393. The molecule has 1 aliphatic heterocycles. The zero-order chi connectivity index (χ0) is 30.2. The van der Waals surface area contributed by atoms with Crippen molar-refractivity contribution < 1.29 is 27.1 Å². The molecule has 2 N–H and O–H groups in total. The number of alkyl halides is 1. The number of nitrogens with zero attached hydrogens (tertiary/aromatic N) is 5. The minimum Gasteiger partial charge on any atom is -0.486 e. The molecular formula is C28H30ClFN6O6S. The van der Waals surface area contributed by atoms with Gasteiger partial charge in [0.15, 0.2) is 5.58 Å². The highest BCUT2D eigenvalue weighted by atomic mass is 35.5. The molecule has 6 rings (SSSR count). The van der Waals surface area contributed by atoms with Crippen molar-refractivity contribution in [1.82, 2.24) is 23.8 Å². The summed E-state index contributed by atoms with van der Waals surface area (Å²) in [7, 11) is -3.82. The standard InChI is InChI=1S/C28H30ClFN6O6S/c29-20-2-1-3-21(13-20)36-27(38)26(41-18-28(17-30)6-7-28)23(15-31-36)34-8-10-35(11-9-34)43(39,40)32-14-19-4-5-24-22(12-19)33-25(16-37)42-24/h1-5,12-13,15,32,37H,6-11,14,16-18H2. The maximum Gasteiger partial charge on any atom is 0.316 e. The van der Waals surface area contributed by atoms with Gasteiger partial charge in [0, 0.05) is 43.2 Å². The van der Waals surface area contributed by atoms with Crippen LogP contribution in [0.4, 0.5) is 10.1 Å². The van der Waals surface area contributed by atoms with Crippen molar-refractivity contribution in [1.29, 1.82) is 0 Å². The molecule has 1 saturated carbocycles. The smallest absolute Gasteiger partial charge is 0.316 e. The molecule has 0 amide bonds. The molecule has 2 aliphatic rings. The molecule has 228 valence electrons. The van der Waals surface area contributed by atoms with Crippen LogP contribution in [0.3, 0.4) is 0 Å². The first-order valence-corrected chi connectivity index (χ1v) is 15.6. The van der Waals surface area contributed by atoms with Crippen LogP contribution in [-0.2, 0) is 23.4 Å². The number of hydrogen-bond donors (Lipinski definition) is 2. The van der Waals surface area contributed by atoms with E-state index in [0.717, 1.165) is 0 Å². The molecule has 0 radical (unpaired) electrons. The van der Waals surface area contributed by atoms with Gasteiger partial charge in [-0.2, -0.15) is 27.2 Å². The van der Waals surface area contributed by atoms with Crippen LogP contribution in [0, 0.1) is 5.41 Å². The molecule has 2 aromatic carbocycles. The predicted octanol–water partition coefficient (Wildman–Crippen LogP) is 2.80. The van der Waals surface area contributed by atoms with E-state index >= 15 is 0 Å². The third kappa shape index (κ3) is 6.24. The van der Waals surface area contributed by atoms with E-state index in [-0.39, 0.29) is 57.6 Å². The maximum atomic E-state index is 13.6. The zero-order valence-electron chi connectivity index (χ0n) is 23.1. The van der Waals surface area contributed by atoms with E-state index in [9.17, 15) is 22.7 Å². The number of oxazole rings is 1. The van der Waals surface area contributed by atoms with Crippen molar-refractivity contribution in [2.24, 2.45) is 5.41 Å². The molecule has 0 spiro atoms. The number of aliphatic hydroxyl groups excluding tert-OH is 1. The van der Waals surface area contributed by atoms with Gasteiger partial charge in [0.1, 0.15) is 17.8 Å². The fourth-order valence-electron chi connectivity index (χ4n) is 4.93. The summed E-state index contributed by atoms with van der Waals surface area (Å²) in [6.45, 7) is 0.114. The molecule has 0 bridgehead atoms. The minimum absolute atomic E-state index is 0.0386. The third-order valence-electron chi connectivity index (χ3n) is 7.74. The fourth-order valence-corrected chi connectivity index (χ4v) is 6.29. The number of aliphatic hydroxyl groups is 1. The van der Waals surface area contributed by atoms with E-state index in [0.29, 0.717) is 45.9 Å². The number of nitrogens with one attached hydrogen (secondary N) is 1. The minimum atomic E-state index is -3.82. The Morgan fingerprint density at radius 1 is 1.14 bits per heavy atom. The summed E-state index contributed by atoms with van der Waals surface area (Å²) in [5, 5.41) is 14.0. The van der Waals surface area contributed by atoms with Crippen molar-refractivity contribution in [2.45, 2.75) is 26.0 Å². The highest BCUT2D eigenvalue weighted by molar-refractivity contribution is 7.87. The van der Waals surface area contributed by atoms with Gasteiger partial charge in [-0.15, -0.1) is 0 Å². The quantitative estimate of drug-likeness (QED) is 0.255. The highest BCUT2D eigenvalue weighted by Gasteiger charge is 2.44. The van der Waals surface area contributed by atoms with Crippen molar-refractivity contribution in [3.05, 3.63) is 75.5 Å². The molecule has 0 atom stereocenters. The summed E-state index contributed by atoms with van der Waals surface area (Å²) < 4.78 is 56.3. The van der Waals surface area contributed by atoms with Gasteiger partial charge in [-0.3, -0.25) is 9.18 Å². The zero-order valence-corrected chi connectivity index (χ0v) is 24.7. The van der Waals surface area contributed by atoms with E-state index in [1.165, 1.54) is 15.2 Å². The topological polar surface area (TPSA) is 143 Å². The van der Waals surface area contributed by atoms with Crippen molar-refractivity contribution in [3.63, 3.8) is 0 Å². The number of piperazine rings is 1. The Morgan fingerprint density at radius 3 is 2.63 bits per heavy atom. The van der Waals surface area contributed by atoms with Gasteiger partial charge in [0.2, 0.25) is 11.6 Å². The second kappa shape index (κ2) is 11.8. The maximum absolute atomic E-state index is 13.6. The highest BCUT2D eigenvalue weighted by Crippen LogP contribution is 2.46. The second-order valence-corrected chi connectivity index (χ2v) is 12.9. The Balaban J connectivity index is 1.16. The van der Waals surface area contributed by atoms with Crippen LogP contribution in [-0.4, -0.2) is 72.1 Å². The first-order valence-electron chi connectivity index (χ1n) is 13.8. The molecule has 4 aromatic rings. The average Bonchev–Trinajstić information content (AvgIpc) is 3.68. The first kappa shape index (κ1) is 29.5. The van der Waals surface area contributed by atoms with Gasteiger partial charge in [-0.25, -0.2) is 4.98 Å². The summed E-state index contributed by atoms with van der Waals surface area (Å²) in [6, 6.07) is 11.8. The van der Waals surface area contributed by atoms with Crippen LogP contribution in [0.25, 0.3) is 16.8 Å². The predicted molar refractivity (Wildman–Crippen MR) is 157 cm³/mol. The summed E-state index contributed by atoms with van der Waals surface area (Å²) >= 11 is 6.13. The number of hydrogen-bond acceptors (Lipinski definition) is 9. The van der Waals surface area contributed by atoms with Crippen molar-refractivity contribution in [3.8, 4) is 11.4 Å². The lowest BCUT2D eigenvalue weighted by Gasteiger charge is -2.35. The molecule has 1 aliphatic carbocycles. The van der Waals surface area contributed by atoms with Gasteiger partial charge in [-0.1, -0.05) is 23.7 Å². The van der Waals surface area contributed by atoms with Gasteiger partial charge >= 0.3 is 5.56 Å². The largest absolute Gasteiger partial charge is 0.486 e. The van der Waals surface area contributed by atoms with Crippen LogP contribution < -0.4 is 19.9 Å². The van der Waals surface area contributed by atoms with Crippen LogP contribution in [0.1, 0.15) is 24.3 Å². The number of anilines is 1. The normalized spacial score (nSPS) is 17.0. The van der Waals surface area contributed by atoms with E-state index < -0.39 is 27.9 Å². The monoisotopic (exact) mass is 632 g/mol. The molecular weight excluding hydrogens is 603 g/mol. The van der Waals surface area contributed by atoms with Gasteiger partial charge in [0.05, 0.1) is 25.2 Å². The van der Waals surface area contributed by atoms with Crippen LogP contribution in [0.5, 0.6) is 5.75 Å².